The number of urea groups is 1. The van der Waals surface area contributed by atoms with Crippen LogP contribution in [0.3, 0.4) is 0 Å². The van der Waals surface area contributed by atoms with Crippen LogP contribution in [0, 0.1) is 18.3 Å². The van der Waals surface area contributed by atoms with E-state index in [1.165, 1.54) is 0 Å². The van der Waals surface area contributed by atoms with Gasteiger partial charge in [-0.05, 0) is 90.0 Å². The minimum absolute atomic E-state index is 0.0716. The van der Waals surface area contributed by atoms with Crippen molar-refractivity contribution in [3.63, 3.8) is 0 Å². The Morgan fingerprint density at radius 2 is 1.72 bits per heavy atom. The van der Waals surface area contributed by atoms with Crippen molar-refractivity contribution >= 4 is 44.6 Å². The minimum atomic E-state index is -3.93. The number of nitrogens with one attached hydrogen (secondary N) is 3. The summed E-state index contributed by atoms with van der Waals surface area (Å²) in [6, 6.07) is 5.87. The van der Waals surface area contributed by atoms with Gasteiger partial charge in [0.15, 0.2) is 5.78 Å². The molecule has 0 radical (unpaired) electrons. The number of carbonyl (C=O) groups excluding carboxylic acids is 4. The summed E-state index contributed by atoms with van der Waals surface area (Å²) in [6.07, 6.45) is 14.1. The number of Topliss-reactive ketones (excluding diaryl/α,β-unsaturated/α-hetero) is 1. The number of fused-ring (bicyclic) bond motifs is 5. The number of amides is 4. The van der Waals surface area contributed by atoms with E-state index in [1.54, 1.807) is 11.8 Å². The number of carbonyl (C=O) groups is 4. The van der Waals surface area contributed by atoms with E-state index >= 15 is 0 Å². The maximum atomic E-state index is 14.8. The molecular formula is C41H53N5O7S. The highest BCUT2D eigenvalue weighted by molar-refractivity contribution is 7.91. The van der Waals surface area contributed by atoms with Crippen LogP contribution in [-0.2, 0) is 30.8 Å². The largest absolute Gasteiger partial charge is 0.483 e. The third kappa shape index (κ3) is 6.90. The van der Waals surface area contributed by atoms with E-state index in [1.807, 2.05) is 43.3 Å². The molecule has 4 heterocycles. The van der Waals surface area contributed by atoms with Crippen LogP contribution in [0.4, 0.5) is 4.79 Å². The molecule has 3 saturated carbocycles. The number of allylic oxidation sites excluding steroid dienone is 2. The lowest BCUT2D eigenvalue weighted by atomic mass is 9.85. The molecule has 5 atom stereocenters. The molecule has 0 unspecified atom stereocenters. The zero-order chi connectivity index (χ0) is 37.9. The van der Waals surface area contributed by atoms with E-state index in [9.17, 15) is 27.6 Å². The molecule has 1 saturated heterocycles. The molecule has 3 N–H and O–H groups in total. The second-order valence-electron chi connectivity index (χ2n) is 17.2. The Morgan fingerprint density at radius 1 is 0.963 bits per heavy atom. The van der Waals surface area contributed by atoms with E-state index in [4.69, 9.17) is 9.72 Å². The van der Waals surface area contributed by atoms with E-state index < -0.39 is 43.8 Å². The average molecular weight is 760 g/mol. The molecule has 12 nitrogen and oxygen atoms in total. The Kier molecular flexibility index (Phi) is 9.54. The molecule has 54 heavy (non-hydrogen) atoms. The van der Waals surface area contributed by atoms with Gasteiger partial charge in [0.25, 0.3) is 0 Å². The van der Waals surface area contributed by atoms with E-state index in [0.29, 0.717) is 50.7 Å². The van der Waals surface area contributed by atoms with E-state index in [2.05, 4.69) is 15.4 Å². The number of benzene rings is 1. The van der Waals surface area contributed by atoms with Gasteiger partial charge >= 0.3 is 6.03 Å². The molecule has 13 heteroatoms. The van der Waals surface area contributed by atoms with Crippen molar-refractivity contribution in [3.8, 4) is 5.75 Å². The predicted octanol–water partition coefficient (Wildman–Crippen LogP) is 5.30. The number of ether oxygens (including phenoxy) is 1. The summed E-state index contributed by atoms with van der Waals surface area (Å²) in [6.45, 7) is 3.69. The van der Waals surface area contributed by atoms with Crippen LogP contribution in [0.25, 0.3) is 10.9 Å². The van der Waals surface area contributed by atoms with Crippen LogP contribution in [-0.4, -0.2) is 76.9 Å². The number of hydrogen-bond donors (Lipinski definition) is 3. The predicted molar refractivity (Wildman–Crippen MR) is 203 cm³/mol. The third-order valence-electron chi connectivity index (χ3n) is 13.3. The lowest BCUT2D eigenvalue weighted by Crippen LogP contribution is -2.55. The van der Waals surface area contributed by atoms with Gasteiger partial charge in [0, 0.05) is 29.8 Å². The van der Waals surface area contributed by atoms with E-state index in [0.717, 1.165) is 67.1 Å². The van der Waals surface area contributed by atoms with Crippen LogP contribution >= 0.6 is 0 Å². The smallest absolute Gasteiger partial charge is 0.315 e. The Balaban J connectivity index is 1.12. The van der Waals surface area contributed by atoms with Crippen LogP contribution < -0.4 is 20.1 Å². The number of hydrogen-bond acceptors (Lipinski definition) is 8. The number of aryl methyl sites for hydroxylation is 2. The lowest BCUT2D eigenvalue weighted by Gasteiger charge is -2.36. The fourth-order valence-corrected chi connectivity index (χ4v) is 10.8. The average Bonchev–Trinajstić information content (AvgIpc) is 3.93. The molecule has 1 aromatic heterocycles. The van der Waals surface area contributed by atoms with Crippen molar-refractivity contribution in [2.75, 3.05) is 6.54 Å². The van der Waals surface area contributed by atoms with Crippen molar-refractivity contribution in [2.24, 2.45) is 11.3 Å². The number of para-hydroxylation sites is 1. The third-order valence-corrected chi connectivity index (χ3v) is 15.4. The van der Waals surface area contributed by atoms with Crippen LogP contribution in [0.15, 0.2) is 36.4 Å². The maximum absolute atomic E-state index is 14.8. The topological polar surface area (TPSA) is 164 Å². The molecule has 0 bridgehead atoms. The first-order chi connectivity index (χ1) is 25.8. The molecule has 2 aromatic rings. The number of ketones is 1. The van der Waals surface area contributed by atoms with Gasteiger partial charge in [0.2, 0.25) is 21.8 Å². The second-order valence-corrected chi connectivity index (χ2v) is 19.4. The summed E-state index contributed by atoms with van der Waals surface area (Å²) in [5.74, 6) is -0.893. The number of pyridine rings is 1. The van der Waals surface area contributed by atoms with Gasteiger partial charge in [-0.25, -0.2) is 18.2 Å². The van der Waals surface area contributed by atoms with E-state index in [-0.39, 0.29) is 49.1 Å². The fourth-order valence-electron chi connectivity index (χ4n) is 9.44. The van der Waals surface area contributed by atoms with Crippen LogP contribution in [0.5, 0.6) is 5.75 Å². The molecule has 6 aliphatic rings. The zero-order valence-corrected chi connectivity index (χ0v) is 32.3. The lowest BCUT2D eigenvalue weighted by molar-refractivity contribution is -0.140. The summed E-state index contributed by atoms with van der Waals surface area (Å²) < 4.78 is 34.8. The SMILES string of the molecule is Cc1nc2ccccc2c2c1O[C@]1(CC2)C[C@H]2C(=O)C[C@]3(C(=O)NS(=O)(=O)C4(C)CC4)C[C@H]3/C=C\CCCCC[C@H](NC(=O)NC3CCCC3)C(=O)N2C1. The van der Waals surface area contributed by atoms with Gasteiger partial charge in [-0.15, -0.1) is 0 Å². The monoisotopic (exact) mass is 759 g/mol. The quantitative estimate of drug-likeness (QED) is 0.346. The Hall–Kier alpha value is -4.00. The first-order valence-electron chi connectivity index (χ1n) is 20.0. The van der Waals surface area contributed by atoms with Gasteiger partial charge in [-0.1, -0.05) is 56.0 Å². The highest BCUT2D eigenvalue weighted by Gasteiger charge is 2.63. The summed E-state index contributed by atoms with van der Waals surface area (Å²) in [4.78, 5) is 63.3. The normalized spacial score (nSPS) is 31.7. The molecule has 1 spiro atoms. The molecule has 4 fully saturated rings. The summed E-state index contributed by atoms with van der Waals surface area (Å²) in [5, 5.41) is 7.06. The Morgan fingerprint density at radius 3 is 2.50 bits per heavy atom. The molecule has 290 valence electrons. The summed E-state index contributed by atoms with van der Waals surface area (Å²) in [5.41, 5.74) is 0.568. The van der Waals surface area contributed by atoms with Crippen molar-refractivity contribution < 1.29 is 32.3 Å². The van der Waals surface area contributed by atoms with Gasteiger partial charge in [0.05, 0.1) is 34.0 Å². The maximum Gasteiger partial charge on any atom is 0.315 e. The number of nitrogens with zero attached hydrogens (tertiary/aromatic N) is 2. The van der Waals surface area contributed by atoms with Gasteiger partial charge in [-0.2, -0.15) is 0 Å². The van der Waals surface area contributed by atoms with Gasteiger partial charge in [0.1, 0.15) is 17.4 Å². The minimum Gasteiger partial charge on any atom is -0.483 e. The molecule has 8 rings (SSSR count). The Labute approximate surface area is 317 Å². The molecule has 3 aliphatic carbocycles. The first kappa shape index (κ1) is 36.9. The van der Waals surface area contributed by atoms with Crippen LogP contribution in [0.2, 0.25) is 0 Å². The number of sulfonamides is 1. The van der Waals surface area contributed by atoms with Crippen molar-refractivity contribution in [2.45, 2.75) is 145 Å². The number of rotatable bonds is 5. The Bertz CT molecular complexity index is 2010. The van der Waals surface area contributed by atoms with Crippen molar-refractivity contribution in [3.05, 3.63) is 47.7 Å². The second kappa shape index (κ2) is 13.9. The molecular weight excluding hydrogens is 707 g/mol. The van der Waals surface area contributed by atoms with Crippen LogP contribution in [0.1, 0.15) is 114 Å². The fraction of sp³-hybridized carbons (Fsp3) is 0.634. The zero-order valence-electron chi connectivity index (χ0n) is 31.5. The number of aromatic nitrogens is 1. The highest BCUT2D eigenvalue weighted by atomic mass is 32.2. The van der Waals surface area contributed by atoms with Gasteiger partial charge < -0.3 is 20.3 Å². The van der Waals surface area contributed by atoms with Crippen molar-refractivity contribution in [1.29, 1.82) is 0 Å². The molecule has 3 aliphatic heterocycles. The summed E-state index contributed by atoms with van der Waals surface area (Å²) in [7, 11) is -3.93. The molecule has 4 amide bonds. The van der Waals surface area contributed by atoms with Crippen molar-refractivity contribution in [1.82, 2.24) is 25.2 Å². The first-order valence-corrected chi connectivity index (χ1v) is 21.5. The molecule has 1 aromatic carbocycles. The van der Waals surface area contributed by atoms with Gasteiger partial charge in [-0.3, -0.25) is 19.1 Å². The highest BCUT2D eigenvalue weighted by Crippen LogP contribution is 2.58. The summed E-state index contributed by atoms with van der Waals surface area (Å²) >= 11 is 0. The standard InChI is InChI=1S/C41H53N5O7S/c1-26-35-30(29-15-10-11-16-31(29)42-26)18-19-40(53-35)23-33-34(47)24-41(37(49)45-54(51,52)39(2)20-21-39)22-27(41)12-6-4-3-5-7-17-32(36(48)46(33)25-40)44-38(50)43-28-13-8-9-14-28/h6,10-12,15-16,27-28,32-33H,3-5,7-9,13-14,17-25H2,1-2H3,(H,45,49)(H2,43,44,50)/b12-6-/t27-,32+,33+,40-,41-/m1/s1.